The Morgan fingerprint density at radius 3 is 2.31 bits per heavy atom. The van der Waals surface area contributed by atoms with Crippen LogP contribution in [0.3, 0.4) is 0 Å². The molecule has 3 aromatic carbocycles. The fourth-order valence-electron chi connectivity index (χ4n) is 3.80. The minimum atomic E-state index is -0.0729. The second-order valence-corrected chi connectivity index (χ2v) is 9.10. The first kappa shape index (κ1) is 22.3. The molecule has 0 spiro atoms. The average Bonchev–Trinajstić information content (AvgIpc) is 2.87. The highest BCUT2D eigenvalue weighted by Crippen LogP contribution is 2.21. The summed E-state index contributed by atoms with van der Waals surface area (Å²) in [7, 11) is 0. The number of ether oxygens (including phenoxy) is 1. The Balaban J connectivity index is 1.19. The summed E-state index contributed by atoms with van der Waals surface area (Å²) in [6, 6.07) is 26.2. The fraction of sp³-hybridized carbons (Fsp3) is 0.296. The van der Waals surface area contributed by atoms with Crippen molar-refractivity contribution < 1.29 is 9.53 Å². The summed E-state index contributed by atoms with van der Waals surface area (Å²) in [5, 5.41) is 3.01. The van der Waals surface area contributed by atoms with Crippen LogP contribution >= 0.6 is 11.8 Å². The lowest BCUT2D eigenvalue weighted by atomic mass is 10.1. The first-order valence-corrected chi connectivity index (χ1v) is 12.3. The molecule has 1 saturated heterocycles. The van der Waals surface area contributed by atoms with Gasteiger partial charge in [0, 0.05) is 41.5 Å². The number of anilines is 1. The monoisotopic (exact) mass is 446 g/mol. The van der Waals surface area contributed by atoms with Crippen molar-refractivity contribution in [2.45, 2.75) is 30.7 Å². The molecule has 0 radical (unpaired) electrons. The Bertz CT molecular complexity index is 969. The maximum atomic E-state index is 12.5. The van der Waals surface area contributed by atoms with Gasteiger partial charge in [-0.3, -0.25) is 4.79 Å². The number of nitrogens with zero attached hydrogens (tertiary/aromatic N) is 1. The van der Waals surface area contributed by atoms with Crippen LogP contribution in [0.25, 0.3) is 0 Å². The molecule has 0 unspecified atom stereocenters. The van der Waals surface area contributed by atoms with Gasteiger partial charge in [0.15, 0.2) is 0 Å². The molecule has 4 rings (SSSR count). The van der Waals surface area contributed by atoms with Gasteiger partial charge in [0.2, 0.25) is 0 Å². The quantitative estimate of drug-likeness (QED) is 0.334. The highest BCUT2D eigenvalue weighted by Gasteiger charge is 2.11. The van der Waals surface area contributed by atoms with Crippen LogP contribution < -0.4 is 15.0 Å². The van der Waals surface area contributed by atoms with E-state index in [0.29, 0.717) is 18.7 Å². The number of hydrogen-bond donors (Lipinski definition) is 1. The van der Waals surface area contributed by atoms with Crippen LogP contribution in [0.4, 0.5) is 5.69 Å². The molecule has 3 aromatic rings. The lowest BCUT2D eigenvalue weighted by molar-refractivity contribution is 0.0951. The Labute approximate surface area is 195 Å². The molecule has 1 aliphatic heterocycles. The van der Waals surface area contributed by atoms with Crippen molar-refractivity contribution in [1.29, 1.82) is 0 Å². The van der Waals surface area contributed by atoms with Crippen LogP contribution in [0.15, 0.2) is 83.8 Å². The maximum absolute atomic E-state index is 12.5. The van der Waals surface area contributed by atoms with Crippen molar-refractivity contribution in [3.63, 3.8) is 0 Å². The van der Waals surface area contributed by atoms with Crippen molar-refractivity contribution in [2.24, 2.45) is 0 Å². The van der Waals surface area contributed by atoms with E-state index >= 15 is 0 Å². The zero-order chi connectivity index (χ0) is 22.0. The van der Waals surface area contributed by atoms with Crippen LogP contribution in [0, 0.1) is 0 Å². The molecule has 1 aliphatic rings. The lowest BCUT2D eigenvalue weighted by Gasteiger charge is -2.28. The number of rotatable bonds is 9. The van der Waals surface area contributed by atoms with E-state index in [1.54, 1.807) is 11.8 Å². The zero-order valence-electron chi connectivity index (χ0n) is 18.3. The molecule has 166 valence electrons. The molecule has 5 heteroatoms. The van der Waals surface area contributed by atoms with Gasteiger partial charge >= 0.3 is 0 Å². The van der Waals surface area contributed by atoms with Crippen molar-refractivity contribution in [1.82, 2.24) is 5.32 Å². The predicted molar refractivity (Wildman–Crippen MR) is 133 cm³/mol. The van der Waals surface area contributed by atoms with Gasteiger partial charge in [-0.15, -0.1) is 11.8 Å². The Morgan fingerprint density at radius 2 is 1.59 bits per heavy atom. The summed E-state index contributed by atoms with van der Waals surface area (Å²) in [5.74, 6) is 1.59. The number of hydrogen-bond acceptors (Lipinski definition) is 4. The maximum Gasteiger partial charge on any atom is 0.251 e. The van der Waals surface area contributed by atoms with Crippen molar-refractivity contribution in [3.8, 4) is 5.75 Å². The Morgan fingerprint density at radius 1 is 0.875 bits per heavy atom. The summed E-state index contributed by atoms with van der Waals surface area (Å²) in [4.78, 5) is 16.2. The fourth-order valence-corrected chi connectivity index (χ4v) is 4.55. The normalized spacial score (nSPS) is 13.6. The van der Waals surface area contributed by atoms with E-state index in [4.69, 9.17) is 4.74 Å². The summed E-state index contributed by atoms with van der Waals surface area (Å²) >= 11 is 1.77. The first-order valence-electron chi connectivity index (χ1n) is 11.3. The van der Waals surface area contributed by atoms with E-state index in [2.05, 4.69) is 46.6 Å². The average molecular weight is 447 g/mol. The van der Waals surface area contributed by atoms with Crippen LogP contribution in [0.1, 0.15) is 35.2 Å². The molecule has 0 atom stereocenters. The van der Waals surface area contributed by atoms with Crippen LogP contribution in [-0.2, 0) is 6.54 Å². The van der Waals surface area contributed by atoms with Gasteiger partial charge in [0.1, 0.15) is 5.75 Å². The SMILES string of the molecule is O=C(NCc1ccc(N2CCCCC2)cc1)c1ccc(OCCSc2ccccc2)cc1. The van der Waals surface area contributed by atoms with Crippen LogP contribution in [0.5, 0.6) is 5.75 Å². The molecule has 1 heterocycles. The number of nitrogens with one attached hydrogen (secondary N) is 1. The van der Waals surface area contributed by atoms with E-state index in [1.165, 1.54) is 29.8 Å². The van der Waals surface area contributed by atoms with Gasteiger partial charge < -0.3 is 15.0 Å². The highest BCUT2D eigenvalue weighted by atomic mass is 32.2. The van der Waals surface area contributed by atoms with E-state index in [0.717, 1.165) is 30.2 Å². The number of carbonyl (C=O) groups excluding carboxylic acids is 1. The molecular formula is C27H30N2O2S. The smallest absolute Gasteiger partial charge is 0.251 e. The van der Waals surface area contributed by atoms with Gasteiger partial charge in [0.25, 0.3) is 5.91 Å². The topological polar surface area (TPSA) is 41.6 Å². The molecule has 0 saturated carbocycles. The van der Waals surface area contributed by atoms with Crippen LogP contribution in [-0.4, -0.2) is 31.4 Å². The van der Waals surface area contributed by atoms with Gasteiger partial charge in [-0.25, -0.2) is 0 Å². The largest absolute Gasteiger partial charge is 0.493 e. The number of benzene rings is 3. The van der Waals surface area contributed by atoms with E-state index in [1.807, 2.05) is 42.5 Å². The van der Waals surface area contributed by atoms with Crippen molar-refractivity contribution in [2.75, 3.05) is 30.3 Å². The van der Waals surface area contributed by atoms with Gasteiger partial charge in [0.05, 0.1) is 6.61 Å². The van der Waals surface area contributed by atoms with Crippen molar-refractivity contribution >= 4 is 23.4 Å². The van der Waals surface area contributed by atoms with Gasteiger partial charge in [-0.1, -0.05) is 30.3 Å². The lowest BCUT2D eigenvalue weighted by Crippen LogP contribution is -2.29. The molecule has 4 nitrogen and oxygen atoms in total. The van der Waals surface area contributed by atoms with Gasteiger partial charge in [-0.2, -0.15) is 0 Å². The number of piperidine rings is 1. The highest BCUT2D eigenvalue weighted by molar-refractivity contribution is 7.99. The molecule has 0 aromatic heterocycles. The number of amides is 1. The van der Waals surface area contributed by atoms with Crippen molar-refractivity contribution in [3.05, 3.63) is 90.0 Å². The predicted octanol–water partition coefficient (Wildman–Crippen LogP) is 5.78. The molecular weight excluding hydrogens is 416 g/mol. The number of carbonyl (C=O) groups is 1. The second-order valence-electron chi connectivity index (χ2n) is 7.93. The van der Waals surface area contributed by atoms with E-state index in [-0.39, 0.29) is 5.91 Å². The Hall–Kier alpha value is -2.92. The zero-order valence-corrected chi connectivity index (χ0v) is 19.2. The molecule has 1 amide bonds. The van der Waals surface area contributed by atoms with E-state index in [9.17, 15) is 4.79 Å². The first-order chi connectivity index (χ1) is 15.8. The summed E-state index contributed by atoms with van der Waals surface area (Å²) in [5.41, 5.74) is 3.02. The van der Waals surface area contributed by atoms with E-state index < -0.39 is 0 Å². The molecule has 32 heavy (non-hydrogen) atoms. The summed E-state index contributed by atoms with van der Waals surface area (Å²) < 4.78 is 5.80. The minimum Gasteiger partial charge on any atom is -0.493 e. The minimum absolute atomic E-state index is 0.0729. The third kappa shape index (κ3) is 6.54. The molecule has 0 bridgehead atoms. The summed E-state index contributed by atoms with van der Waals surface area (Å²) in [6.07, 6.45) is 3.88. The molecule has 0 aliphatic carbocycles. The van der Waals surface area contributed by atoms with Crippen LogP contribution in [0.2, 0.25) is 0 Å². The van der Waals surface area contributed by atoms with Gasteiger partial charge in [-0.05, 0) is 73.4 Å². The summed E-state index contributed by atoms with van der Waals surface area (Å²) in [6.45, 7) is 3.43. The third-order valence-corrected chi connectivity index (χ3v) is 6.57. The molecule has 1 fully saturated rings. The molecule has 1 N–H and O–H groups in total. The number of thioether (sulfide) groups is 1. The standard InChI is InChI=1S/C27H30N2O2S/c30-27(28-21-22-9-13-24(14-10-22)29-17-5-2-6-18-29)23-11-15-25(16-12-23)31-19-20-32-26-7-3-1-4-8-26/h1,3-4,7-16H,2,5-6,17-21H2,(H,28,30). The third-order valence-electron chi connectivity index (χ3n) is 5.59. The second kappa shape index (κ2) is 11.6. The Kier molecular flexibility index (Phi) is 8.10.